The number of hydrogen-bond acceptors (Lipinski definition) is 4. The molecule has 0 fully saturated rings. The van der Waals surface area contributed by atoms with Gasteiger partial charge in [0.2, 0.25) is 5.91 Å². The van der Waals surface area contributed by atoms with Gasteiger partial charge >= 0.3 is 6.18 Å². The normalized spacial score (nSPS) is 12.3. The summed E-state index contributed by atoms with van der Waals surface area (Å²) in [6, 6.07) is 24.7. The summed E-state index contributed by atoms with van der Waals surface area (Å²) in [6.07, 6.45) is -3.10. The van der Waals surface area contributed by atoms with Crippen LogP contribution < -0.4 is 16.0 Å². The van der Waals surface area contributed by atoms with Gasteiger partial charge in [-0.15, -0.1) is 11.8 Å². The molecule has 0 bridgehead atoms. The van der Waals surface area contributed by atoms with Crippen LogP contribution in [-0.4, -0.2) is 23.0 Å². The molecule has 0 aliphatic heterocycles. The third-order valence-corrected chi connectivity index (χ3v) is 7.07. The highest BCUT2D eigenvalue weighted by atomic mass is 32.2. The lowest BCUT2D eigenvalue weighted by molar-refractivity contribution is -0.137. The maximum absolute atomic E-state index is 13.4. The van der Waals surface area contributed by atoms with E-state index < -0.39 is 40.5 Å². The van der Waals surface area contributed by atoms with E-state index in [4.69, 9.17) is 0 Å². The topological polar surface area (TPSA) is 87.3 Å². The summed E-state index contributed by atoms with van der Waals surface area (Å²) in [7, 11) is 0. The van der Waals surface area contributed by atoms with Crippen molar-refractivity contribution in [1.82, 2.24) is 5.32 Å². The first-order chi connectivity index (χ1) is 20.5. The molecule has 0 heterocycles. The van der Waals surface area contributed by atoms with Gasteiger partial charge in [-0.05, 0) is 85.3 Å². The molecule has 0 aromatic heterocycles. The number of carbonyl (C=O) groups excluding carboxylic acids is 3. The monoisotopic (exact) mass is 607 g/mol. The minimum Gasteiger partial charge on any atom is -0.325 e. The summed E-state index contributed by atoms with van der Waals surface area (Å²) < 4.78 is 52.3. The minimum atomic E-state index is -4.52. The summed E-state index contributed by atoms with van der Waals surface area (Å²) in [5.41, 5.74) is 0.331. The molecule has 0 saturated heterocycles. The van der Waals surface area contributed by atoms with Gasteiger partial charge in [0.05, 0.1) is 10.8 Å². The molecule has 0 saturated carbocycles. The molecule has 0 aliphatic carbocycles. The maximum atomic E-state index is 13.4. The Kier molecular flexibility index (Phi) is 9.99. The molecule has 4 aromatic rings. The van der Waals surface area contributed by atoms with Gasteiger partial charge in [-0.25, -0.2) is 4.39 Å². The van der Waals surface area contributed by atoms with Crippen LogP contribution in [0.4, 0.5) is 28.9 Å². The number of halogens is 4. The number of amides is 3. The molecule has 43 heavy (non-hydrogen) atoms. The van der Waals surface area contributed by atoms with E-state index in [1.165, 1.54) is 54.2 Å². The second-order valence-electron chi connectivity index (χ2n) is 9.24. The molecule has 4 aromatic carbocycles. The number of alkyl halides is 3. The average molecular weight is 608 g/mol. The second kappa shape index (κ2) is 13.8. The summed E-state index contributed by atoms with van der Waals surface area (Å²) in [5.74, 6) is -2.06. The van der Waals surface area contributed by atoms with Crippen LogP contribution in [0.1, 0.15) is 28.4 Å². The van der Waals surface area contributed by atoms with Gasteiger partial charge in [-0.3, -0.25) is 14.4 Å². The number of benzene rings is 4. The first kappa shape index (κ1) is 31.0. The zero-order valence-corrected chi connectivity index (χ0v) is 23.4. The highest BCUT2D eigenvalue weighted by molar-refractivity contribution is 8.00. The van der Waals surface area contributed by atoms with Crippen molar-refractivity contribution in [2.24, 2.45) is 0 Å². The van der Waals surface area contributed by atoms with Crippen LogP contribution in [0.2, 0.25) is 0 Å². The van der Waals surface area contributed by atoms with Crippen LogP contribution in [0.3, 0.4) is 0 Å². The van der Waals surface area contributed by atoms with Crippen LogP contribution in [0.25, 0.3) is 6.08 Å². The van der Waals surface area contributed by atoms with E-state index >= 15 is 0 Å². The fourth-order valence-corrected chi connectivity index (χ4v) is 4.63. The Bertz CT molecular complexity index is 1620. The van der Waals surface area contributed by atoms with Gasteiger partial charge in [0.25, 0.3) is 11.8 Å². The van der Waals surface area contributed by atoms with Gasteiger partial charge in [-0.2, -0.15) is 13.2 Å². The van der Waals surface area contributed by atoms with Crippen molar-refractivity contribution in [2.45, 2.75) is 23.2 Å². The lowest BCUT2D eigenvalue weighted by Gasteiger charge is -2.14. The lowest BCUT2D eigenvalue weighted by Crippen LogP contribution is -2.30. The molecule has 4 rings (SSSR count). The Labute approximate surface area is 249 Å². The van der Waals surface area contributed by atoms with E-state index in [9.17, 15) is 31.9 Å². The molecule has 0 spiro atoms. The molecule has 0 aliphatic rings. The number of rotatable bonds is 9. The standard InChI is InChI=1S/C32H25F4N3O3S/c1-20(29(40)38-26-9-5-8-23(19-26)32(34,35)36)43-27-16-14-25(15-17-27)37-31(42)28(18-21-10-12-24(33)13-11-21)39-30(41)22-6-3-2-4-7-22/h2-20H,1H3,(H,37,42)(H,38,40)(H,39,41)/b28-18-. The number of hydrogen-bond donors (Lipinski definition) is 3. The van der Waals surface area contributed by atoms with Crippen molar-refractivity contribution in [3.63, 3.8) is 0 Å². The number of anilines is 2. The molecule has 11 heteroatoms. The van der Waals surface area contributed by atoms with E-state index in [2.05, 4.69) is 16.0 Å². The van der Waals surface area contributed by atoms with E-state index in [1.807, 2.05) is 0 Å². The third kappa shape index (κ3) is 9.04. The largest absolute Gasteiger partial charge is 0.416 e. The van der Waals surface area contributed by atoms with E-state index in [-0.39, 0.29) is 11.4 Å². The SMILES string of the molecule is CC(Sc1ccc(NC(=O)/C(=C/c2ccc(F)cc2)NC(=O)c2ccccc2)cc1)C(=O)Nc1cccc(C(F)(F)F)c1. The lowest BCUT2D eigenvalue weighted by atomic mass is 10.1. The first-order valence-corrected chi connectivity index (χ1v) is 13.8. The van der Waals surface area contributed by atoms with E-state index in [1.54, 1.807) is 61.5 Å². The number of carbonyl (C=O) groups is 3. The first-order valence-electron chi connectivity index (χ1n) is 12.9. The maximum Gasteiger partial charge on any atom is 0.416 e. The second-order valence-corrected chi connectivity index (χ2v) is 10.7. The Morgan fingerprint density at radius 3 is 2.12 bits per heavy atom. The summed E-state index contributed by atoms with van der Waals surface area (Å²) in [4.78, 5) is 39.2. The fraction of sp³-hybridized carbons (Fsp3) is 0.0938. The zero-order valence-electron chi connectivity index (χ0n) is 22.6. The molecule has 220 valence electrons. The van der Waals surface area contributed by atoms with Gasteiger partial charge < -0.3 is 16.0 Å². The molecule has 1 unspecified atom stereocenters. The van der Waals surface area contributed by atoms with Gasteiger partial charge in [0.15, 0.2) is 0 Å². The van der Waals surface area contributed by atoms with Crippen LogP contribution >= 0.6 is 11.8 Å². The van der Waals surface area contributed by atoms with Crippen LogP contribution in [0.15, 0.2) is 114 Å². The number of nitrogens with one attached hydrogen (secondary N) is 3. The van der Waals surface area contributed by atoms with Crippen molar-refractivity contribution < 1.29 is 31.9 Å². The predicted molar refractivity (Wildman–Crippen MR) is 159 cm³/mol. The molecule has 6 nitrogen and oxygen atoms in total. The van der Waals surface area contributed by atoms with Crippen molar-refractivity contribution in [2.75, 3.05) is 10.6 Å². The Balaban J connectivity index is 1.41. The fourth-order valence-electron chi connectivity index (χ4n) is 3.76. The summed E-state index contributed by atoms with van der Waals surface area (Å²) in [6.45, 7) is 1.62. The highest BCUT2D eigenvalue weighted by Gasteiger charge is 2.30. The number of thioether (sulfide) groups is 1. The molecular weight excluding hydrogens is 582 g/mol. The molecule has 0 radical (unpaired) electrons. The quantitative estimate of drug-likeness (QED) is 0.105. The average Bonchev–Trinajstić information content (AvgIpc) is 2.99. The third-order valence-electron chi connectivity index (χ3n) is 5.96. The van der Waals surface area contributed by atoms with Crippen molar-refractivity contribution >= 4 is 46.9 Å². The van der Waals surface area contributed by atoms with E-state index in [0.717, 1.165) is 12.1 Å². The van der Waals surface area contributed by atoms with E-state index in [0.29, 0.717) is 21.7 Å². The zero-order chi connectivity index (χ0) is 31.0. The minimum absolute atomic E-state index is 0.0363. The summed E-state index contributed by atoms with van der Waals surface area (Å²) in [5, 5.41) is 7.16. The van der Waals surface area contributed by atoms with Gasteiger partial charge in [0.1, 0.15) is 11.5 Å². The summed E-state index contributed by atoms with van der Waals surface area (Å²) >= 11 is 1.18. The Hall–Kier alpha value is -4.90. The Morgan fingerprint density at radius 1 is 0.791 bits per heavy atom. The van der Waals surface area contributed by atoms with Gasteiger partial charge in [-0.1, -0.05) is 36.4 Å². The van der Waals surface area contributed by atoms with Crippen LogP contribution in [-0.2, 0) is 15.8 Å². The van der Waals surface area contributed by atoms with Crippen LogP contribution in [0.5, 0.6) is 0 Å². The van der Waals surface area contributed by atoms with Crippen LogP contribution in [0, 0.1) is 5.82 Å². The smallest absolute Gasteiger partial charge is 0.325 e. The van der Waals surface area contributed by atoms with Crippen molar-refractivity contribution in [3.8, 4) is 0 Å². The van der Waals surface area contributed by atoms with Gasteiger partial charge in [0, 0.05) is 21.8 Å². The highest BCUT2D eigenvalue weighted by Crippen LogP contribution is 2.31. The van der Waals surface area contributed by atoms with Crippen molar-refractivity contribution in [1.29, 1.82) is 0 Å². The Morgan fingerprint density at radius 2 is 1.47 bits per heavy atom. The molecule has 1 atom stereocenters. The molecule has 3 amide bonds. The van der Waals surface area contributed by atoms with Crippen molar-refractivity contribution in [3.05, 3.63) is 131 Å². The molecular formula is C32H25F4N3O3S. The predicted octanol–water partition coefficient (Wildman–Crippen LogP) is 7.37. The molecule has 3 N–H and O–H groups in total.